The number of carboxylic acids is 1. The standard InChI is InChI=1S/C31H40F2N4O6.ClH/c1-16(2)12-24(35-30(40)17(3)34)25(38)10-9-22(32)18-6-5-11-36(14-18)27-23(33)13-20-26(29(27)43-4)37(19-7-8-19)15-21(28(20)39)31(41)42;/h13,15-17,19,24H,5-12,14,34H2,1-4H3,(H,35,40)(H,41,42);1H/b22-18+;/t17-,24-;/m0./s1. The number of pyridine rings is 1. The Balaban J connectivity index is 0.00000529. The number of ketones is 1. The van der Waals surface area contributed by atoms with Crippen LogP contribution in [0.15, 0.2) is 28.5 Å². The number of piperidine rings is 1. The summed E-state index contributed by atoms with van der Waals surface area (Å²) in [5.41, 5.74) is 5.21. The van der Waals surface area contributed by atoms with E-state index in [2.05, 4.69) is 5.32 Å². The predicted octanol–water partition coefficient (Wildman–Crippen LogP) is 4.66. The molecule has 242 valence electrons. The normalized spacial score (nSPS) is 17.6. The van der Waals surface area contributed by atoms with Crippen molar-refractivity contribution in [2.45, 2.75) is 83.8 Å². The monoisotopic (exact) mass is 638 g/mol. The zero-order valence-corrected chi connectivity index (χ0v) is 26.3. The number of anilines is 1. The van der Waals surface area contributed by atoms with Crippen LogP contribution in [0.5, 0.6) is 5.75 Å². The van der Waals surface area contributed by atoms with Crippen LogP contribution in [0.25, 0.3) is 10.9 Å². The zero-order valence-electron chi connectivity index (χ0n) is 25.5. The van der Waals surface area contributed by atoms with Gasteiger partial charge in [-0.2, -0.15) is 0 Å². The number of carbonyl (C=O) groups excluding carboxylic acids is 2. The van der Waals surface area contributed by atoms with Crippen molar-refractivity contribution in [2.75, 3.05) is 25.1 Å². The molecule has 1 amide bonds. The van der Waals surface area contributed by atoms with E-state index >= 15 is 8.78 Å². The molecule has 1 saturated heterocycles. The lowest BCUT2D eigenvalue weighted by molar-refractivity contribution is -0.128. The summed E-state index contributed by atoms with van der Waals surface area (Å²) in [5, 5.41) is 12.1. The van der Waals surface area contributed by atoms with Gasteiger partial charge in [-0.05, 0) is 56.6 Å². The topological polar surface area (TPSA) is 144 Å². The second-order valence-corrected chi connectivity index (χ2v) is 11.9. The van der Waals surface area contributed by atoms with Crippen LogP contribution in [-0.4, -0.2) is 59.6 Å². The van der Waals surface area contributed by atoms with Gasteiger partial charge in [0, 0.05) is 38.2 Å². The molecule has 1 aromatic carbocycles. The Labute approximate surface area is 261 Å². The fourth-order valence-corrected chi connectivity index (χ4v) is 5.64. The lowest BCUT2D eigenvalue weighted by Gasteiger charge is -2.33. The molecule has 1 aliphatic heterocycles. The van der Waals surface area contributed by atoms with E-state index in [1.165, 1.54) is 20.2 Å². The first-order chi connectivity index (χ1) is 20.3. The fraction of sp³-hybridized carbons (Fsp3) is 0.548. The Morgan fingerprint density at radius 3 is 2.45 bits per heavy atom. The molecule has 13 heteroatoms. The first-order valence-corrected chi connectivity index (χ1v) is 14.7. The number of nitrogens with zero attached hydrogens (tertiary/aromatic N) is 2. The van der Waals surface area contributed by atoms with Gasteiger partial charge in [-0.25, -0.2) is 13.6 Å². The third-order valence-electron chi connectivity index (χ3n) is 7.98. The maximum absolute atomic E-state index is 15.7. The third kappa shape index (κ3) is 7.58. The summed E-state index contributed by atoms with van der Waals surface area (Å²) >= 11 is 0. The largest absolute Gasteiger partial charge is 0.492 e. The molecule has 1 aliphatic carbocycles. The van der Waals surface area contributed by atoms with Crippen LogP contribution in [0.4, 0.5) is 14.5 Å². The van der Waals surface area contributed by atoms with Gasteiger partial charge in [0.25, 0.3) is 0 Å². The average Bonchev–Trinajstić information content (AvgIpc) is 3.80. The van der Waals surface area contributed by atoms with Crippen molar-refractivity contribution < 1.29 is 33.0 Å². The van der Waals surface area contributed by atoms with Crippen molar-refractivity contribution in [2.24, 2.45) is 11.7 Å². The van der Waals surface area contributed by atoms with E-state index < -0.39 is 46.6 Å². The molecular formula is C31H41ClF2N4O6. The molecule has 0 radical (unpaired) electrons. The Morgan fingerprint density at radius 2 is 1.89 bits per heavy atom. The van der Waals surface area contributed by atoms with Crippen molar-refractivity contribution >= 4 is 46.7 Å². The van der Waals surface area contributed by atoms with Crippen LogP contribution in [-0.2, 0) is 9.59 Å². The molecule has 2 aliphatic rings. The summed E-state index contributed by atoms with van der Waals surface area (Å²) in [6.07, 6.45) is 3.94. The van der Waals surface area contributed by atoms with Crippen LogP contribution in [0.3, 0.4) is 0 Å². The summed E-state index contributed by atoms with van der Waals surface area (Å²) in [6, 6.07) is -0.544. The molecule has 0 unspecified atom stereocenters. The Hall–Kier alpha value is -3.51. The number of hydrogen-bond acceptors (Lipinski definition) is 7. The molecule has 44 heavy (non-hydrogen) atoms. The number of carbonyl (C=O) groups is 3. The van der Waals surface area contributed by atoms with Gasteiger partial charge < -0.3 is 30.4 Å². The molecule has 0 spiro atoms. The minimum absolute atomic E-state index is 0. The number of halogens is 3. The second kappa shape index (κ2) is 14.5. The molecule has 2 fully saturated rings. The number of hydrogen-bond donors (Lipinski definition) is 3. The van der Waals surface area contributed by atoms with E-state index in [0.29, 0.717) is 36.9 Å². The lowest BCUT2D eigenvalue weighted by Crippen LogP contribution is -2.47. The van der Waals surface area contributed by atoms with Crippen molar-refractivity contribution in [1.29, 1.82) is 0 Å². The van der Waals surface area contributed by atoms with E-state index in [0.717, 1.165) is 18.9 Å². The number of fused-ring (bicyclic) bond motifs is 1. The summed E-state index contributed by atoms with van der Waals surface area (Å²) in [4.78, 5) is 51.5. The number of carboxylic acid groups (broad SMARTS) is 1. The zero-order chi connectivity index (χ0) is 31.6. The first kappa shape index (κ1) is 35.0. The lowest BCUT2D eigenvalue weighted by atomic mass is 9.95. The van der Waals surface area contributed by atoms with Gasteiger partial charge >= 0.3 is 5.97 Å². The van der Waals surface area contributed by atoms with Gasteiger partial charge in [0.15, 0.2) is 17.3 Å². The van der Waals surface area contributed by atoms with Crippen LogP contribution < -0.4 is 26.1 Å². The van der Waals surface area contributed by atoms with Crippen molar-refractivity contribution in [3.8, 4) is 5.75 Å². The number of benzene rings is 1. The number of methoxy groups -OCH3 is 1. The Kier molecular flexibility index (Phi) is 11.5. The molecule has 2 aromatic rings. The number of nitrogens with two attached hydrogens (primary N) is 1. The minimum atomic E-state index is -1.39. The van der Waals surface area contributed by atoms with Crippen LogP contribution >= 0.6 is 12.4 Å². The van der Waals surface area contributed by atoms with E-state index in [9.17, 15) is 24.3 Å². The van der Waals surface area contributed by atoms with Crippen molar-refractivity contribution in [1.82, 2.24) is 9.88 Å². The number of ether oxygens (including phenoxy) is 1. The predicted molar refractivity (Wildman–Crippen MR) is 166 cm³/mol. The molecule has 1 aromatic heterocycles. The summed E-state index contributed by atoms with van der Waals surface area (Å²) in [6.45, 7) is 5.82. The quantitative estimate of drug-likeness (QED) is 0.305. The summed E-state index contributed by atoms with van der Waals surface area (Å²) in [5.74, 6) is -3.14. The molecule has 4 rings (SSSR count). The van der Waals surface area contributed by atoms with E-state index in [4.69, 9.17) is 10.5 Å². The molecule has 2 heterocycles. The van der Waals surface area contributed by atoms with Crippen molar-refractivity contribution in [3.63, 3.8) is 0 Å². The highest BCUT2D eigenvalue weighted by molar-refractivity contribution is 5.97. The maximum Gasteiger partial charge on any atom is 0.341 e. The smallest absolute Gasteiger partial charge is 0.341 e. The minimum Gasteiger partial charge on any atom is -0.492 e. The van der Waals surface area contributed by atoms with E-state index in [1.54, 1.807) is 9.47 Å². The molecule has 1 saturated carbocycles. The second-order valence-electron chi connectivity index (χ2n) is 11.9. The maximum atomic E-state index is 15.7. The number of nitrogens with one attached hydrogen (secondary N) is 1. The SMILES string of the molecule is COc1c(N2CCC/C(=C(\F)CCC(=O)[C@H](CC(C)C)NC(=O)[C@H](C)N)C2)c(F)cc2c(=O)c(C(=O)O)cn(C3CC3)c12.Cl. The Bertz CT molecular complexity index is 1520. The highest BCUT2D eigenvalue weighted by atomic mass is 35.5. The van der Waals surface area contributed by atoms with Gasteiger partial charge in [0.05, 0.1) is 30.1 Å². The first-order valence-electron chi connectivity index (χ1n) is 14.7. The highest BCUT2D eigenvalue weighted by Crippen LogP contribution is 2.44. The van der Waals surface area contributed by atoms with Crippen LogP contribution in [0.2, 0.25) is 0 Å². The van der Waals surface area contributed by atoms with Crippen LogP contribution in [0.1, 0.15) is 82.1 Å². The third-order valence-corrected chi connectivity index (χ3v) is 7.98. The average molecular weight is 639 g/mol. The van der Waals surface area contributed by atoms with Gasteiger partial charge in [-0.15, -0.1) is 12.4 Å². The molecule has 2 atom stereocenters. The number of allylic oxidation sites excluding steroid dienone is 1. The van der Waals surface area contributed by atoms with Crippen LogP contribution in [0, 0.1) is 11.7 Å². The number of amides is 1. The number of aromatic nitrogens is 1. The summed E-state index contributed by atoms with van der Waals surface area (Å²) in [7, 11) is 1.36. The molecule has 0 bridgehead atoms. The Morgan fingerprint density at radius 1 is 1.20 bits per heavy atom. The van der Waals surface area contributed by atoms with Gasteiger partial charge in [0.2, 0.25) is 11.3 Å². The van der Waals surface area contributed by atoms with E-state index in [-0.39, 0.29) is 66.4 Å². The van der Waals surface area contributed by atoms with E-state index in [1.807, 2.05) is 13.8 Å². The molecule has 10 nitrogen and oxygen atoms in total. The fourth-order valence-electron chi connectivity index (χ4n) is 5.64. The number of aromatic carboxylic acids is 1. The number of rotatable bonds is 12. The number of Topliss-reactive ketones (excluding diaryl/α,β-unsaturated/α-hetero) is 1. The van der Waals surface area contributed by atoms with Gasteiger partial charge in [0.1, 0.15) is 17.1 Å². The molecule has 4 N–H and O–H groups in total. The van der Waals surface area contributed by atoms with Crippen molar-refractivity contribution in [3.05, 3.63) is 45.3 Å². The summed E-state index contributed by atoms with van der Waals surface area (Å²) < 4.78 is 38.6. The van der Waals surface area contributed by atoms with Gasteiger partial charge in [-0.3, -0.25) is 14.4 Å². The molecular weight excluding hydrogens is 598 g/mol. The van der Waals surface area contributed by atoms with Gasteiger partial charge in [-0.1, -0.05) is 13.8 Å². The highest BCUT2D eigenvalue weighted by Gasteiger charge is 2.32.